The van der Waals surface area contributed by atoms with E-state index in [4.69, 9.17) is 20.9 Å². The zero-order valence-electron chi connectivity index (χ0n) is 14.8. The molecule has 1 aromatic carbocycles. The van der Waals surface area contributed by atoms with Crippen molar-refractivity contribution in [3.63, 3.8) is 0 Å². The van der Waals surface area contributed by atoms with E-state index >= 15 is 0 Å². The van der Waals surface area contributed by atoms with Gasteiger partial charge in [-0.1, -0.05) is 13.8 Å². The topological polar surface area (TPSA) is 108 Å². The highest BCUT2D eigenvalue weighted by Gasteiger charge is 2.35. The summed E-state index contributed by atoms with van der Waals surface area (Å²) in [5.41, 5.74) is 11.6. The van der Waals surface area contributed by atoms with Crippen LogP contribution in [0.1, 0.15) is 30.6 Å². The number of carbonyl (C=O) groups is 2. The third-order valence-corrected chi connectivity index (χ3v) is 4.38. The molecule has 0 saturated carbocycles. The number of rotatable bonds is 5. The van der Waals surface area contributed by atoms with E-state index < -0.39 is 5.91 Å². The number of hydrogen-bond donors (Lipinski definition) is 2. The molecule has 1 atom stereocenters. The first-order valence-electron chi connectivity index (χ1n) is 7.88. The van der Waals surface area contributed by atoms with Crippen molar-refractivity contribution in [2.24, 2.45) is 16.9 Å². The number of amides is 2. The van der Waals surface area contributed by atoms with E-state index in [1.54, 1.807) is 18.2 Å². The summed E-state index contributed by atoms with van der Waals surface area (Å²) in [7, 11) is 1.48. The van der Waals surface area contributed by atoms with Crippen LogP contribution in [0.15, 0.2) is 18.2 Å². The minimum absolute atomic E-state index is 0. The van der Waals surface area contributed by atoms with Crippen molar-refractivity contribution in [2.45, 2.75) is 26.3 Å². The molecule has 1 unspecified atom stereocenters. The molecule has 4 N–H and O–H groups in total. The average Bonchev–Trinajstić information content (AvgIpc) is 2.54. The average molecular weight is 372 g/mol. The summed E-state index contributed by atoms with van der Waals surface area (Å²) < 4.78 is 10.5. The van der Waals surface area contributed by atoms with Gasteiger partial charge in [0.05, 0.1) is 7.11 Å². The van der Waals surface area contributed by atoms with Crippen LogP contribution in [0, 0.1) is 5.41 Å². The third kappa shape index (κ3) is 4.99. The van der Waals surface area contributed by atoms with Gasteiger partial charge in [0.15, 0.2) is 18.1 Å². The SMILES string of the molecule is COc1cc(C(=O)N2CCC(N)C(C)(C)C2)ccc1OCC(N)=O.Cl. The van der Waals surface area contributed by atoms with Crippen molar-refractivity contribution >= 4 is 24.2 Å². The number of ether oxygens (including phenoxy) is 2. The first kappa shape index (κ1) is 21.1. The molecule has 8 heteroatoms. The number of nitrogens with zero attached hydrogens (tertiary/aromatic N) is 1. The zero-order chi connectivity index (χ0) is 17.9. The summed E-state index contributed by atoms with van der Waals surface area (Å²) in [6.45, 7) is 5.12. The number of nitrogens with two attached hydrogens (primary N) is 2. The second-order valence-electron chi connectivity index (χ2n) is 6.73. The fraction of sp³-hybridized carbons (Fsp3) is 0.529. The maximum atomic E-state index is 12.8. The standard InChI is InChI=1S/C17H25N3O4.ClH/c1-17(2)10-20(7-6-14(17)18)16(22)11-4-5-12(13(8-11)23-3)24-9-15(19)21;/h4-5,8,14H,6-7,9-10,18H2,1-3H3,(H2,19,21);1H. The molecule has 0 bridgehead atoms. The Morgan fingerprint density at radius 1 is 1.32 bits per heavy atom. The lowest BCUT2D eigenvalue weighted by Crippen LogP contribution is -2.54. The molecule has 1 saturated heterocycles. The van der Waals surface area contributed by atoms with Gasteiger partial charge >= 0.3 is 0 Å². The molecule has 7 nitrogen and oxygen atoms in total. The molecule has 0 aromatic heterocycles. The smallest absolute Gasteiger partial charge is 0.255 e. The van der Waals surface area contributed by atoms with Crippen LogP contribution in [0.3, 0.4) is 0 Å². The number of halogens is 1. The number of hydrogen-bond acceptors (Lipinski definition) is 5. The van der Waals surface area contributed by atoms with Gasteiger partial charge in [0.1, 0.15) is 0 Å². The summed E-state index contributed by atoms with van der Waals surface area (Å²) >= 11 is 0. The Kier molecular flexibility index (Phi) is 7.07. The number of methoxy groups -OCH3 is 1. The lowest BCUT2D eigenvalue weighted by atomic mass is 9.79. The maximum Gasteiger partial charge on any atom is 0.255 e. The highest BCUT2D eigenvalue weighted by molar-refractivity contribution is 5.95. The second-order valence-corrected chi connectivity index (χ2v) is 6.73. The Morgan fingerprint density at radius 3 is 2.56 bits per heavy atom. The molecule has 25 heavy (non-hydrogen) atoms. The first-order chi connectivity index (χ1) is 11.2. The van der Waals surface area contributed by atoms with Crippen molar-refractivity contribution in [3.05, 3.63) is 23.8 Å². The van der Waals surface area contributed by atoms with E-state index in [2.05, 4.69) is 13.8 Å². The van der Waals surface area contributed by atoms with Gasteiger partial charge in [0.25, 0.3) is 11.8 Å². The van der Waals surface area contributed by atoms with Gasteiger partial charge in [0.2, 0.25) is 0 Å². The van der Waals surface area contributed by atoms with Crippen molar-refractivity contribution in [1.29, 1.82) is 0 Å². The predicted molar refractivity (Wildman–Crippen MR) is 97.2 cm³/mol. The van der Waals surface area contributed by atoms with Crippen LogP contribution >= 0.6 is 12.4 Å². The normalized spacial score (nSPS) is 18.9. The fourth-order valence-electron chi connectivity index (χ4n) is 2.80. The van der Waals surface area contributed by atoms with Crippen LogP contribution in [0.2, 0.25) is 0 Å². The number of piperidine rings is 1. The van der Waals surface area contributed by atoms with E-state index in [0.717, 1.165) is 6.42 Å². The van der Waals surface area contributed by atoms with Gasteiger partial charge in [-0.05, 0) is 30.0 Å². The van der Waals surface area contributed by atoms with E-state index in [1.807, 2.05) is 4.90 Å². The molecule has 0 aliphatic carbocycles. The Labute approximate surface area is 154 Å². The summed E-state index contributed by atoms with van der Waals surface area (Å²) in [6, 6.07) is 4.96. The summed E-state index contributed by atoms with van der Waals surface area (Å²) in [6.07, 6.45) is 0.773. The van der Waals surface area contributed by atoms with Gasteiger partial charge in [-0.2, -0.15) is 0 Å². The fourth-order valence-corrected chi connectivity index (χ4v) is 2.80. The molecule has 2 rings (SSSR count). The minimum Gasteiger partial charge on any atom is -0.493 e. The van der Waals surface area contributed by atoms with E-state index in [0.29, 0.717) is 30.2 Å². The largest absolute Gasteiger partial charge is 0.493 e. The minimum atomic E-state index is -0.580. The molecule has 1 aliphatic heterocycles. The number of benzene rings is 1. The van der Waals surface area contributed by atoms with Gasteiger partial charge < -0.3 is 25.8 Å². The Balaban J connectivity index is 0.00000312. The van der Waals surface area contributed by atoms with Crippen LogP contribution in [0.5, 0.6) is 11.5 Å². The highest BCUT2D eigenvalue weighted by Crippen LogP contribution is 2.31. The van der Waals surface area contributed by atoms with Gasteiger partial charge in [-0.15, -0.1) is 12.4 Å². The number of likely N-dealkylation sites (tertiary alicyclic amines) is 1. The van der Waals surface area contributed by atoms with Crippen LogP contribution in [-0.2, 0) is 4.79 Å². The van der Waals surface area contributed by atoms with Crippen LogP contribution in [0.4, 0.5) is 0 Å². The van der Waals surface area contributed by atoms with Gasteiger partial charge in [0, 0.05) is 24.7 Å². The van der Waals surface area contributed by atoms with Crippen LogP contribution < -0.4 is 20.9 Å². The lowest BCUT2D eigenvalue weighted by Gasteiger charge is -2.42. The molecule has 1 aromatic rings. The van der Waals surface area contributed by atoms with E-state index in [1.165, 1.54) is 7.11 Å². The number of primary amides is 1. The molecule has 1 aliphatic rings. The molecule has 140 valence electrons. The van der Waals surface area contributed by atoms with Crippen molar-refractivity contribution in [3.8, 4) is 11.5 Å². The molecule has 0 radical (unpaired) electrons. The Morgan fingerprint density at radius 2 is 2.00 bits per heavy atom. The van der Waals surface area contributed by atoms with Crippen molar-refractivity contribution < 1.29 is 19.1 Å². The van der Waals surface area contributed by atoms with Crippen LogP contribution in [-0.4, -0.2) is 49.6 Å². The number of carbonyl (C=O) groups excluding carboxylic acids is 2. The van der Waals surface area contributed by atoms with Gasteiger partial charge in [-0.3, -0.25) is 9.59 Å². The molecular formula is C17H26ClN3O4. The second kappa shape index (κ2) is 8.40. The van der Waals surface area contributed by atoms with E-state index in [9.17, 15) is 9.59 Å². The first-order valence-corrected chi connectivity index (χ1v) is 7.88. The quantitative estimate of drug-likeness (QED) is 0.808. The molecule has 1 heterocycles. The zero-order valence-corrected chi connectivity index (χ0v) is 15.6. The predicted octanol–water partition coefficient (Wildman–Crippen LogP) is 1.18. The summed E-state index contributed by atoms with van der Waals surface area (Å²) in [5, 5.41) is 0. The van der Waals surface area contributed by atoms with Crippen LogP contribution in [0.25, 0.3) is 0 Å². The maximum absolute atomic E-state index is 12.8. The molecule has 2 amide bonds. The van der Waals surface area contributed by atoms with Gasteiger partial charge in [-0.25, -0.2) is 0 Å². The van der Waals surface area contributed by atoms with E-state index in [-0.39, 0.29) is 36.4 Å². The third-order valence-electron chi connectivity index (χ3n) is 4.38. The monoisotopic (exact) mass is 371 g/mol. The van der Waals surface area contributed by atoms with Crippen molar-refractivity contribution in [1.82, 2.24) is 4.90 Å². The Hall–Kier alpha value is -1.99. The highest BCUT2D eigenvalue weighted by atomic mass is 35.5. The summed E-state index contributed by atoms with van der Waals surface area (Å²) in [4.78, 5) is 25.4. The molecule has 1 fully saturated rings. The van der Waals surface area contributed by atoms with Crippen molar-refractivity contribution in [2.75, 3.05) is 26.8 Å². The Bertz CT molecular complexity index is 636. The summed E-state index contributed by atoms with van der Waals surface area (Å²) in [5.74, 6) is 0.0998. The molecular weight excluding hydrogens is 346 g/mol. The lowest BCUT2D eigenvalue weighted by molar-refractivity contribution is -0.119. The molecule has 0 spiro atoms.